The average Bonchev–Trinajstić information content (AvgIpc) is 3.02. The summed E-state index contributed by atoms with van der Waals surface area (Å²) in [6.45, 7) is 3.25. The van der Waals surface area contributed by atoms with Gasteiger partial charge < -0.3 is 5.32 Å². The monoisotopic (exact) mass is 323 g/mol. The molecule has 1 aliphatic heterocycles. The van der Waals surface area contributed by atoms with Crippen molar-refractivity contribution in [1.82, 2.24) is 9.42 Å². The van der Waals surface area contributed by atoms with Gasteiger partial charge in [-0.25, -0.2) is 18.2 Å². The second-order valence-electron chi connectivity index (χ2n) is 6.15. The quantitative estimate of drug-likeness (QED) is 0.835. The Kier molecular flexibility index (Phi) is 4.35. The SMILES string of the molecule is Cc1ccc(NC(=O)N(N2CC3CCCC3C2)[SH](=O)=O)cc1. The summed E-state index contributed by atoms with van der Waals surface area (Å²) >= 11 is 0. The van der Waals surface area contributed by atoms with E-state index in [1.165, 1.54) is 6.42 Å². The van der Waals surface area contributed by atoms with Gasteiger partial charge in [0.1, 0.15) is 0 Å². The average molecular weight is 323 g/mol. The zero-order valence-corrected chi connectivity index (χ0v) is 13.5. The molecule has 120 valence electrons. The summed E-state index contributed by atoms with van der Waals surface area (Å²) in [6.07, 6.45) is 3.47. The summed E-state index contributed by atoms with van der Waals surface area (Å²) in [6, 6.07) is 6.67. The molecule has 0 aromatic heterocycles. The van der Waals surface area contributed by atoms with E-state index in [1.807, 2.05) is 19.1 Å². The first-order chi connectivity index (χ1) is 10.5. The molecule has 0 bridgehead atoms. The number of urea groups is 1. The largest absolute Gasteiger partial charge is 0.350 e. The van der Waals surface area contributed by atoms with E-state index in [0.717, 1.165) is 22.8 Å². The molecule has 2 unspecified atom stereocenters. The van der Waals surface area contributed by atoms with Crippen LogP contribution in [0.2, 0.25) is 0 Å². The number of nitrogens with zero attached hydrogens (tertiary/aromatic N) is 2. The standard InChI is InChI=1S/C15H21N3O3S/c1-11-5-7-14(8-6-11)16-15(19)18(22(20)21)17-9-12-3-2-4-13(12)10-17/h5-8,12-13,22H,2-4,9-10H2,1H3,(H,16,19). The molecule has 1 saturated heterocycles. The third-order valence-corrected chi connectivity index (χ3v) is 5.36. The van der Waals surface area contributed by atoms with Gasteiger partial charge >= 0.3 is 6.03 Å². The van der Waals surface area contributed by atoms with Crippen molar-refractivity contribution in [2.24, 2.45) is 11.8 Å². The molecule has 22 heavy (non-hydrogen) atoms. The molecule has 2 fully saturated rings. The minimum Gasteiger partial charge on any atom is -0.306 e. The molecule has 7 heteroatoms. The van der Waals surface area contributed by atoms with Crippen molar-refractivity contribution >= 4 is 22.6 Å². The van der Waals surface area contributed by atoms with Crippen molar-refractivity contribution < 1.29 is 13.2 Å². The van der Waals surface area contributed by atoms with Crippen LogP contribution < -0.4 is 5.32 Å². The van der Waals surface area contributed by atoms with E-state index in [4.69, 9.17) is 0 Å². The highest BCUT2D eigenvalue weighted by Gasteiger charge is 2.40. The number of fused-ring (bicyclic) bond motifs is 1. The first kappa shape index (κ1) is 15.3. The highest BCUT2D eigenvalue weighted by molar-refractivity contribution is 7.70. The van der Waals surface area contributed by atoms with E-state index in [1.54, 1.807) is 17.1 Å². The fraction of sp³-hybridized carbons (Fsp3) is 0.533. The first-order valence-corrected chi connectivity index (χ1v) is 8.74. The third kappa shape index (κ3) is 3.10. The van der Waals surface area contributed by atoms with Crippen LogP contribution in [0.15, 0.2) is 24.3 Å². The lowest BCUT2D eigenvalue weighted by Gasteiger charge is -2.26. The summed E-state index contributed by atoms with van der Waals surface area (Å²) in [5.74, 6) is 1.04. The van der Waals surface area contributed by atoms with Gasteiger partial charge in [0.25, 0.3) is 0 Å². The van der Waals surface area contributed by atoms with E-state index in [-0.39, 0.29) is 0 Å². The highest BCUT2D eigenvalue weighted by atomic mass is 32.2. The number of hydrogen-bond acceptors (Lipinski definition) is 4. The highest BCUT2D eigenvalue weighted by Crippen LogP contribution is 2.38. The fourth-order valence-electron chi connectivity index (χ4n) is 3.48. The van der Waals surface area contributed by atoms with Crippen molar-refractivity contribution in [3.8, 4) is 0 Å². The molecule has 2 amide bonds. The second-order valence-corrected chi connectivity index (χ2v) is 7.00. The normalized spacial score (nSPS) is 24.5. The van der Waals surface area contributed by atoms with Crippen LogP contribution in [0.5, 0.6) is 0 Å². The Bertz CT molecular complexity index is 609. The Hall–Kier alpha value is -1.60. The molecule has 0 spiro atoms. The first-order valence-electron chi connectivity index (χ1n) is 7.61. The van der Waals surface area contributed by atoms with Gasteiger partial charge in [-0.3, -0.25) is 0 Å². The Morgan fingerprint density at radius 3 is 2.32 bits per heavy atom. The molecule has 2 aliphatic rings. The van der Waals surface area contributed by atoms with Crippen molar-refractivity contribution in [2.45, 2.75) is 26.2 Å². The van der Waals surface area contributed by atoms with Gasteiger partial charge in [0.2, 0.25) is 10.9 Å². The van der Waals surface area contributed by atoms with Crippen molar-refractivity contribution in [3.05, 3.63) is 29.8 Å². The molecule has 1 aromatic rings. The number of hydrogen-bond donors (Lipinski definition) is 2. The molecule has 6 nitrogen and oxygen atoms in total. The summed E-state index contributed by atoms with van der Waals surface area (Å²) in [7, 11) is -2.99. The smallest absolute Gasteiger partial charge is 0.306 e. The summed E-state index contributed by atoms with van der Waals surface area (Å²) in [4.78, 5) is 12.3. The van der Waals surface area contributed by atoms with E-state index in [2.05, 4.69) is 5.32 Å². The number of aryl methyl sites for hydroxylation is 1. The lowest BCUT2D eigenvalue weighted by Crippen LogP contribution is -2.46. The summed E-state index contributed by atoms with van der Waals surface area (Å²) < 4.78 is 24.0. The van der Waals surface area contributed by atoms with Gasteiger partial charge in [-0.1, -0.05) is 24.1 Å². The van der Waals surface area contributed by atoms with Crippen LogP contribution in [0.25, 0.3) is 0 Å². The molecule has 1 heterocycles. The number of nitrogens with one attached hydrogen (secondary N) is 1. The van der Waals surface area contributed by atoms with Crippen LogP contribution >= 0.6 is 0 Å². The minimum atomic E-state index is -2.99. The van der Waals surface area contributed by atoms with E-state index in [0.29, 0.717) is 30.6 Å². The van der Waals surface area contributed by atoms with Crippen molar-refractivity contribution in [2.75, 3.05) is 18.4 Å². The Labute approximate surface area is 132 Å². The van der Waals surface area contributed by atoms with Crippen LogP contribution in [0.4, 0.5) is 10.5 Å². The molecule has 1 aromatic carbocycles. The molecule has 0 radical (unpaired) electrons. The van der Waals surface area contributed by atoms with Crippen LogP contribution in [0, 0.1) is 18.8 Å². The predicted molar refractivity (Wildman–Crippen MR) is 84.8 cm³/mol. The molecule has 2 atom stereocenters. The molecule has 1 aliphatic carbocycles. The number of rotatable bonds is 3. The maximum atomic E-state index is 12.3. The van der Waals surface area contributed by atoms with Gasteiger partial charge in [-0.15, -0.1) is 4.41 Å². The Balaban J connectivity index is 1.71. The zero-order chi connectivity index (χ0) is 15.7. The lowest BCUT2D eigenvalue weighted by atomic mass is 10.0. The number of anilines is 1. The minimum absolute atomic E-state index is 0.518. The maximum Gasteiger partial charge on any atom is 0.350 e. The number of carbonyl (C=O) groups excluding carboxylic acids is 1. The van der Waals surface area contributed by atoms with E-state index >= 15 is 0 Å². The molecule has 1 N–H and O–H groups in total. The van der Waals surface area contributed by atoms with Gasteiger partial charge in [-0.05, 0) is 43.7 Å². The predicted octanol–water partition coefficient (Wildman–Crippen LogP) is 2.00. The Morgan fingerprint density at radius 2 is 1.77 bits per heavy atom. The fourth-order valence-corrected chi connectivity index (χ4v) is 4.03. The number of hydrazine groups is 1. The van der Waals surface area contributed by atoms with Gasteiger partial charge in [0.05, 0.1) is 0 Å². The molecular formula is C15H21N3O3S. The van der Waals surface area contributed by atoms with Gasteiger partial charge in [-0.2, -0.15) is 0 Å². The van der Waals surface area contributed by atoms with Crippen LogP contribution in [-0.2, 0) is 10.9 Å². The molecule has 3 rings (SSSR count). The van der Waals surface area contributed by atoms with E-state index < -0.39 is 16.9 Å². The van der Waals surface area contributed by atoms with Crippen molar-refractivity contribution in [1.29, 1.82) is 0 Å². The number of carbonyl (C=O) groups is 1. The van der Waals surface area contributed by atoms with Gasteiger partial charge in [0.15, 0.2) is 0 Å². The third-order valence-electron chi connectivity index (χ3n) is 4.61. The van der Waals surface area contributed by atoms with Crippen LogP contribution in [0.1, 0.15) is 24.8 Å². The number of amides is 2. The number of benzene rings is 1. The Morgan fingerprint density at radius 1 is 1.18 bits per heavy atom. The molecular weight excluding hydrogens is 302 g/mol. The lowest BCUT2D eigenvalue weighted by molar-refractivity contribution is 0.113. The second kappa shape index (κ2) is 6.26. The molecule has 1 saturated carbocycles. The topological polar surface area (TPSA) is 69.7 Å². The summed E-state index contributed by atoms with van der Waals surface area (Å²) in [5.41, 5.74) is 1.67. The zero-order valence-electron chi connectivity index (χ0n) is 12.6. The van der Waals surface area contributed by atoms with Crippen LogP contribution in [-0.4, -0.2) is 37.0 Å². The number of thiol groups is 1. The van der Waals surface area contributed by atoms with Crippen LogP contribution in [0.3, 0.4) is 0 Å². The summed E-state index contributed by atoms with van der Waals surface area (Å²) in [5, 5.41) is 4.33. The van der Waals surface area contributed by atoms with E-state index in [9.17, 15) is 13.2 Å². The van der Waals surface area contributed by atoms with Gasteiger partial charge in [0, 0.05) is 18.8 Å². The maximum absolute atomic E-state index is 12.3. The van der Waals surface area contributed by atoms with Crippen molar-refractivity contribution in [3.63, 3.8) is 0 Å².